The fourth-order valence-electron chi connectivity index (χ4n) is 4.67. The average molecular weight is 420 g/mol. The minimum absolute atomic E-state index is 0.0233. The van der Waals surface area contributed by atoms with Gasteiger partial charge < -0.3 is 14.3 Å². The van der Waals surface area contributed by atoms with Crippen LogP contribution in [0.2, 0.25) is 0 Å². The summed E-state index contributed by atoms with van der Waals surface area (Å²) < 4.78 is 6.90. The molecule has 2 heterocycles. The number of carbonyl (C=O) groups is 1. The van der Waals surface area contributed by atoms with E-state index in [1.54, 1.807) is 0 Å². The monoisotopic (exact) mass is 419 g/mol. The molecular weight excluding hydrogens is 394 g/mol. The Balaban J connectivity index is 1.22. The summed E-state index contributed by atoms with van der Waals surface area (Å²) in [5.41, 5.74) is -0.913. The van der Waals surface area contributed by atoms with Crippen LogP contribution in [0.4, 0.5) is 0 Å². The van der Waals surface area contributed by atoms with Crippen molar-refractivity contribution in [2.24, 2.45) is 17.8 Å². The summed E-state index contributed by atoms with van der Waals surface area (Å²) in [6.45, 7) is 2.42. The Morgan fingerprint density at radius 2 is 2.24 bits per heavy atom. The van der Waals surface area contributed by atoms with Gasteiger partial charge in [-0.15, -0.1) is 10.2 Å². The van der Waals surface area contributed by atoms with Crippen molar-refractivity contribution in [1.82, 2.24) is 25.1 Å². The Labute approximate surface area is 171 Å². The molecule has 29 heavy (non-hydrogen) atoms. The van der Waals surface area contributed by atoms with Crippen molar-refractivity contribution >= 4 is 17.7 Å². The third-order valence-electron chi connectivity index (χ3n) is 6.06. The van der Waals surface area contributed by atoms with Gasteiger partial charge in [-0.1, -0.05) is 18.2 Å². The number of aromatic amines is 1. The van der Waals surface area contributed by atoms with E-state index >= 15 is 0 Å². The highest BCUT2D eigenvalue weighted by Crippen LogP contribution is 2.49. The van der Waals surface area contributed by atoms with Crippen LogP contribution in [0.5, 0.6) is 0 Å². The van der Waals surface area contributed by atoms with Crippen LogP contribution in [0.25, 0.3) is 0 Å². The molecule has 2 bridgehead atoms. The first-order chi connectivity index (χ1) is 14.0. The van der Waals surface area contributed by atoms with E-state index in [-0.39, 0.29) is 17.7 Å². The number of amides is 1. The Morgan fingerprint density at radius 3 is 2.97 bits per heavy atom. The van der Waals surface area contributed by atoms with E-state index in [0.717, 1.165) is 11.8 Å². The zero-order valence-corrected chi connectivity index (χ0v) is 17.1. The summed E-state index contributed by atoms with van der Waals surface area (Å²) in [6.07, 6.45) is 7.01. The van der Waals surface area contributed by atoms with E-state index in [1.807, 2.05) is 0 Å². The SMILES string of the molecule is C[C@@H](NC(=O)CSc1nnc(CCn2ccc(=O)[nH]c2=O)o1)[C@H]1C[C@@H]2CC[C@@H]1C2. The van der Waals surface area contributed by atoms with Crippen molar-refractivity contribution < 1.29 is 9.21 Å². The van der Waals surface area contributed by atoms with Gasteiger partial charge in [-0.3, -0.25) is 14.6 Å². The normalized spacial score (nSPS) is 24.0. The van der Waals surface area contributed by atoms with E-state index in [0.29, 0.717) is 30.0 Å². The van der Waals surface area contributed by atoms with Gasteiger partial charge in [0.2, 0.25) is 11.8 Å². The lowest BCUT2D eigenvalue weighted by molar-refractivity contribution is -0.119. The van der Waals surface area contributed by atoms with E-state index in [9.17, 15) is 14.4 Å². The minimum atomic E-state index is -0.479. The zero-order chi connectivity index (χ0) is 20.4. The predicted molar refractivity (Wildman–Crippen MR) is 107 cm³/mol. The van der Waals surface area contributed by atoms with Gasteiger partial charge in [-0.05, 0) is 43.9 Å². The third-order valence-corrected chi connectivity index (χ3v) is 6.88. The third kappa shape index (κ3) is 4.80. The number of hydrogen-bond donors (Lipinski definition) is 2. The molecule has 0 unspecified atom stereocenters. The second-order valence-corrected chi connectivity index (χ2v) is 8.93. The Morgan fingerprint density at radius 1 is 1.38 bits per heavy atom. The molecule has 2 aromatic heterocycles. The van der Waals surface area contributed by atoms with Gasteiger partial charge >= 0.3 is 5.69 Å². The molecule has 2 aromatic rings. The van der Waals surface area contributed by atoms with Gasteiger partial charge in [-0.25, -0.2) is 4.79 Å². The molecule has 0 aliphatic heterocycles. The van der Waals surface area contributed by atoms with Crippen molar-refractivity contribution in [3.8, 4) is 0 Å². The number of nitrogens with one attached hydrogen (secondary N) is 2. The van der Waals surface area contributed by atoms with Crippen molar-refractivity contribution in [2.45, 2.75) is 56.8 Å². The molecule has 0 aromatic carbocycles. The predicted octanol–water partition coefficient (Wildman–Crippen LogP) is 1.20. The standard InChI is InChI=1S/C19H25N5O4S/c1-11(14-9-12-2-3-13(14)8-12)20-16(26)10-29-19-23-22-17(28-19)5-7-24-6-4-15(25)21-18(24)27/h4,6,11-14H,2-3,5,7-10H2,1H3,(H,20,26)(H,21,25,27)/t11-,12-,13-,14-/m1/s1. The molecular formula is C19H25N5O4S. The first-order valence-corrected chi connectivity index (χ1v) is 11.0. The summed E-state index contributed by atoms with van der Waals surface area (Å²) in [7, 11) is 0. The van der Waals surface area contributed by atoms with Crippen LogP contribution in [0.15, 0.2) is 31.5 Å². The first kappa shape index (κ1) is 19.9. The van der Waals surface area contributed by atoms with Crippen LogP contribution < -0.4 is 16.6 Å². The topological polar surface area (TPSA) is 123 Å². The average Bonchev–Trinajstić information content (AvgIpc) is 3.42. The lowest BCUT2D eigenvalue weighted by atomic mass is 9.84. The molecule has 4 atom stereocenters. The second-order valence-electron chi connectivity index (χ2n) is 8.00. The number of hydrogen-bond acceptors (Lipinski definition) is 7. The second kappa shape index (κ2) is 8.56. The maximum Gasteiger partial charge on any atom is 0.328 e. The molecule has 4 rings (SSSR count). The Kier molecular flexibility index (Phi) is 5.89. The summed E-state index contributed by atoms with van der Waals surface area (Å²) in [5, 5.41) is 11.4. The molecule has 2 fully saturated rings. The fraction of sp³-hybridized carbons (Fsp3) is 0.632. The largest absolute Gasteiger partial charge is 0.416 e. The molecule has 0 spiro atoms. The van der Waals surface area contributed by atoms with Crippen LogP contribution in [-0.4, -0.2) is 37.5 Å². The summed E-state index contributed by atoms with van der Waals surface area (Å²) in [6, 6.07) is 1.49. The molecule has 0 radical (unpaired) electrons. The lowest BCUT2D eigenvalue weighted by Gasteiger charge is -2.28. The number of H-pyrrole nitrogens is 1. The molecule has 156 valence electrons. The van der Waals surface area contributed by atoms with Crippen molar-refractivity contribution in [1.29, 1.82) is 0 Å². The van der Waals surface area contributed by atoms with Gasteiger partial charge in [-0.2, -0.15) is 0 Å². The molecule has 1 amide bonds. The van der Waals surface area contributed by atoms with Crippen LogP contribution in [0.3, 0.4) is 0 Å². The highest BCUT2D eigenvalue weighted by molar-refractivity contribution is 7.99. The smallest absolute Gasteiger partial charge is 0.328 e. The van der Waals surface area contributed by atoms with Gasteiger partial charge in [0.25, 0.3) is 10.8 Å². The summed E-state index contributed by atoms with van der Waals surface area (Å²) in [4.78, 5) is 37.2. The van der Waals surface area contributed by atoms with E-state index < -0.39 is 11.2 Å². The number of thioether (sulfide) groups is 1. The molecule has 2 N–H and O–H groups in total. The molecule has 10 heteroatoms. The number of rotatable bonds is 8. The van der Waals surface area contributed by atoms with Crippen LogP contribution in [0, 0.1) is 17.8 Å². The number of aromatic nitrogens is 4. The Hall–Kier alpha value is -2.36. The lowest BCUT2D eigenvalue weighted by Crippen LogP contribution is -2.40. The maximum absolute atomic E-state index is 12.3. The molecule has 2 saturated carbocycles. The van der Waals surface area contributed by atoms with Crippen molar-refractivity contribution in [3.05, 3.63) is 39.0 Å². The maximum atomic E-state index is 12.3. The fourth-order valence-corrected chi connectivity index (χ4v) is 5.26. The first-order valence-electron chi connectivity index (χ1n) is 10.0. The zero-order valence-electron chi connectivity index (χ0n) is 16.3. The van der Waals surface area contributed by atoms with E-state index in [2.05, 4.69) is 27.4 Å². The van der Waals surface area contributed by atoms with Gasteiger partial charge in [0, 0.05) is 31.3 Å². The van der Waals surface area contributed by atoms with Crippen LogP contribution >= 0.6 is 11.8 Å². The number of nitrogens with zero attached hydrogens (tertiary/aromatic N) is 3. The molecule has 2 aliphatic carbocycles. The molecule has 9 nitrogen and oxygen atoms in total. The quantitative estimate of drug-likeness (QED) is 0.616. The van der Waals surface area contributed by atoms with Gasteiger partial charge in [0.05, 0.1) is 5.75 Å². The number of aryl methyl sites for hydroxylation is 2. The molecule has 2 aliphatic rings. The number of fused-ring (bicyclic) bond motifs is 2. The van der Waals surface area contributed by atoms with Crippen LogP contribution in [0.1, 0.15) is 38.5 Å². The Bertz CT molecular complexity index is 983. The van der Waals surface area contributed by atoms with Crippen molar-refractivity contribution in [2.75, 3.05) is 5.75 Å². The van der Waals surface area contributed by atoms with Gasteiger partial charge in [0.1, 0.15) is 0 Å². The van der Waals surface area contributed by atoms with E-state index in [1.165, 1.54) is 54.3 Å². The highest BCUT2D eigenvalue weighted by Gasteiger charge is 2.42. The van der Waals surface area contributed by atoms with Crippen molar-refractivity contribution in [3.63, 3.8) is 0 Å². The van der Waals surface area contributed by atoms with E-state index in [4.69, 9.17) is 4.42 Å². The summed E-state index contributed by atoms with van der Waals surface area (Å²) in [5.74, 6) is 2.82. The number of carbonyl (C=O) groups excluding carboxylic acids is 1. The minimum Gasteiger partial charge on any atom is -0.416 e. The highest BCUT2D eigenvalue weighted by atomic mass is 32.2. The summed E-state index contributed by atoms with van der Waals surface area (Å²) >= 11 is 1.21. The molecule has 0 saturated heterocycles. The van der Waals surface area contributed by atoms with Crippen LogP contribution in [-0.2, 0) is 17.8 Å². The van der Waals surface area contributed by atoms with Gasteiger partial charge in [0.15, 0.2) is 0 Å².